The SMILES string of the molecule is Cc1ccccc1Oc1nc(-c2ccccc2)ncc1NC(=O)OC(C)(C)C. The number of aromatic nitrogens is 2. The summed E-state index contributed by atoms with van der Waals surface area (Å²) in [6, 6.07) is 17.2. The molecule has 0 radical (unpaired) electrons. The van der Waals surface area contributed by atoms with Gasteiger partial charge in [0.05, 0.1) is 6.20 Å². The number of aryl methyl sites for hydroxylation is 1. The van der Waals surface area contributed by atoms with Gasteiger partial charge in [-0.25, -0.2) is 9.78 Å². The first-order chi connectivity index (χ1) is 13.3. The Bertz CT molecular complexity index is 966. The van der Waals surface area contributed by atoms with E-state index in [4.69, 9.17) is 9.47 Å². The average Bonchev–Trinajstić information content (AvgIpc) is 2.64. The van der Waals surface area contributed by atoms with Gasteiger partial charge in [-0.2, -0.15) is 4.98 Å². The van der Waals surface area contributed by atoms with E-state index in [1.807, 2.05) is 61.5 Å². The summed E-state index contributed by atoms with van der Waals surface area (Å²) in [6.45, 7) is 7.33. The lowest BCUT2D eigenvalue weighted by Crippen LogP contribution is -2.27. The molecule has 1 heterocycles. The van der Waals surface area contributed by atoms with E-state index < -0.39 is 11.7 Å². The van der Waals surface area contributed by atoms with Crippen LogP contribution in [0.3, 0.4) is 0 Å². The van der Waals surface area contributed by atoms with Gasteiger partial charge in [-0.3, -0.25) is 5.32 Å². The van der Waals surface area contributed by atoms with Crippen LogP contribution < -0.4 is 10.1 Å². The predicted molar refractivity (Wildman–Crippen MR) is 109 cm³/mol. The molecule has 2 aromatic carbocycles. The topological polar surface area (TPSA) is 73.3 Å². The van der Waals surface area contributed by atoms with Gasteiger partial charge >= 0.3 is 6.09 Å². The standard InChI is InChI=1S/C22H23N3O3/c1-15-10-8-9-13-18(15)27-20-17(24-21(26)28-22(2,3)4)14-23-19(25-20)16-11-6-5-7-12-16/h5-14H,1-4H3,(H,24,26). The Kier molecular flexibility index (Phi) is 5.59. The Balaban J connectivity index is 1.96. The number of ether oxygens (including phenoxy) is 2. The second-order valence-corrected chi connectivity index (χ2v) is 7.27. The van der Waals surface area contributed by atoms with E-state index in [1.165, 1.54) is 6.20 Å². The van der Waals surface area contributed by atoms with E-state index in [0.717, 1.165) is 11.1 Å². The maximum Gasteiger partial charge on any atom is 0.412 e. The predicted octanol–water partition coefficient (Wildman–Crippen LogP) is 5.59. The van der Waals surface area contributed by atoms with E-state index in [0.29, 0.717) is 17.3 Å². The molecular formula is C22H23N3O3. The quantitative estimate of drug-likeness (QED) is 0.641. The van der Waals surface area contributed by atoms with Gasteiger partial charge in [0.15, 0.2) is 5.82 Å². The molecule has 0 aliphatic rings. The van der Waals surface area contributed by atoms with E-state index in [-0.39, 0.29) is 5.88 Å². The smallest absolute Gasteiger partial charge is 0.412 e. The van der Waals surface area contributed by atoms with Crippen molar-refractivity contribution in [2.75, 3.05) is 5.32 Å². The van der Waals surface area contributed by atoms with Crippen LogP contribution in [0, 0.1) is 6.92 Å². The molecule has 0 saturated carbocycles. The molecule has 3 aromatic rings. The third kappa shape index (κ3) is 5.07. The minimum atomic E-state index is -0.619. The summed E-state index contributed by atoms with van der Waals surface area (Å²) in [5.74, 6) is 1.39. The van der Waals surface area contributed by atoms with Gasteiger partial charge in [-0.05, 0) is 39.3 Å². The van der Waals surface area contributed by atoms with Crippen molar-refractivity contribution in [3.63, 3.8) is 0 Å². The van der Waals surface area contributed by atoms with Crippen LogP contribution >= 0.6 is 0 Å². The van der Waals surface area contributed by atoms with Crippen LogP contribution in [0.5, 0.6) is 11.6 Å². The molecule has 0 saturated heterocycles. The van der Waals surface area contributed by atoms with Gasteiger partial charge in [0.2, 0.25) is 5.88 Å². The number of carbonyl (C=O) groups excluding carboxylic acids is 1. The monoisotopic (exact) mass is 377 g/mol. The molecule has 144 valence electrons. The number of carbonyl (C=O) groups is 1. The lowest BCUT2D eigenvalue weighted by atomic mass is 10.2. The van der Waals surface area contributed by atoms with Crippen molar-refractivity contribution in [3.05, 3.63) is 66.4 Å². The molecule has 1 N–H and O–H groups in total. The minimum Gasteiger partial charge on any atom is -0.444 e. The molecule has 28 heavy (non-hydrogen) atoms. The summed E-state index contributed by atoms with van der Waals surface area (Å²) in [5, 5.41) is 2.67. The van der Waals surface area contributed by atoms with Crippen LogP contribution in [0.1, 0.15) is 26.3 Å². The van der Waals surface area contributed by atoms with E-state index in [9.17, 15) is 4.79 Å². The first-order valence-electron chi connectivity index (χ1n) is 8.98. The molecule has 0 unspecified atom stereocenters. The summed E-state index contributed by atoms with van der Waals surface area (Å²) in [5.41, 5.74) is 1.51. The number of nitrogens with zero attached hydrogens (tertiary/aromatic N) is 2. The van der Waals surface area contributed by atoms with Crippen LogP contribution in [-0.2, 0) is 4.74 Å². The highest BCUT2D eigenvalue weighted by atomic mass is 16.6. The van der Waals surface area contributed by atoms with Gasteiger partial charge in [-0.15, -0.1) is 0 Å². The van der Waals surface area contributed by atoms with Crippen LogP contribution in [0.15, 0.2) is 60.8 Å². The summed E-state index contributed by atoms with van der Waals surface area (Å²) in [7, 11) is 0. The largest absolute Gasteiger partial charge is 0.444 e. The van der Waals surface area contributed by atoms with Crippen LogP contribution in [0.2, 0.25) is 0 Å². The zero-order valence-electron chi connectivity index (χ0n) is 16.4. The zero-order valence-corrected chi connectivity index (χ0v) is 16.4. The molecule has 6 nitrogen and oxygen atoms in total. The number of hydrogen-bond acceptors (Lipinski definition) is 5. The number of nitrogens with one attached hydrogen (secondary N) is 1. The van der Waals surface area contributed by atoms with Gasteiger partial charge < -0.3 is 9.47 Å². The summed E-state index contributed by atoms with van der Waals surface area (Å²) in [4.78, 5) is 21.1. The molecule has 1 aromatic heterocycles. The van der Waals surface area contributed by atoms with E-state index in [2.05, 4.69) is 15.3 Å². The highest BCUT2D eigenvalue weighted by Crippen LogP contribution is 2.31. The molecule has 1 amide bonds. The number of anilines is 1. The van der Waals surface area contributed by atoms with E-state index in [1.54, 1.807) is 20.8 Å². The van der Waals surface area contributed by atoms with Crippen molar-refractivity contribution < 1.29 is 14.3 Å². The fourth-order valence-corrected chi connectivity index (χ4v) is 2.44. The first-order valence-corrected chi connectivity index (χ1v) is 8.98. The number of amides is 1. The molecule has 0 aliphatic heterocycles. The molecule has 0 fully saturated rings. The Hall–Kier alpha value is -3.41. The Morgan fingerprint density at radius 1 is 1.00 bits per heavy atom. The molecule has 0 aliphatic carbocycles. The Morgan fingerprint density at radius 2 is 1.68 bits per heavy atom. The van der Waals surface area contributed by atoms with Crippen molar-refractivity contribution in [1.29, 1.82) is 0 Å². The minimum absolute atomic E-state index is 0.244. The van der Waals surface area contributed by atoms with Crippen molar-refractivity contribution in [1.82, 2.24) is 9.97 Å². The highest BCUT2D eigenvalue weighted by Gasteiger charge is 2.19. The molecule has 6 heteroatoms. The third-order valence-corrected chi connectivity index (χ3v) is 3.72. The van der Waals surface area contributed by atoms with Gasteiger partial charge in [0.25, 0.3) is 0 Å². The van der Waals surface area contributed by atoms with Crippen LogP contribution in [0.25, 0.3) is 11.4 Å². The normalized spacial score (nSPS) is 11.0. The Labute approximate surface area is 164 Å². The molecule has 0 atom stereocenters. The molecular weight excluding hydrogens is 354 g/mol. The highest BCUT2D eigenvalue weighted by molar-refractivity contribution is 5.86. The van der Waals surface area contributed by atoms with Gasteiger partial charge in [0.1, 0.15) is 17.0 Å². The van der Waals surface area contributed by atoms with Crippen LogP contribution in [-0.4, -0.2) is 21.7 Å². The lowest BCUT2D eigenvalue weighted by molar-refractivity contribution is 0.0635. The van der Waals surface area contributed by atoms with Crippen LogP contribution in [0.4, 0.5) is 10.5 Å². The lowest BCUT2D eigenvalue weighted by Gasteiger charge is -2.20. The van der Waals surface area contributed by atoms with Crippen molar-refractivity contribution in [3.8, 4) is 23.0 Å². The molecule has 0 bridgehead atoms. The fourth-order valence-electron chi connectivity index (χ4n) is 2.44. The van der Waals surface area contributed by atoms with Gasteiger partial charge in [-0.1, -0.05) is 48.5 Å². The van der Waals surface area contributed by atoms with Crippen molar-refractivity contribution in [2.45, 2.75) is 33.3 Å². The maximum atomic E-state index is 12.2. The second-order valence-electron chi connectivity index (χ2n) is 7.27. The number of rotatable bonds is 4. The summed E-state index contributed by atoms with van der Waals surface area (Å²) < 4.78 is 11.3. The second kappa shape index (κ2) is 8.08. The summed E-state index contributed by atoms with van der Waals surface area (Å²) >= 11 is 0. The van der Waals surface area contributed by atoms with Gasteiger partial charge in [0, 0.05) is 5.56 Å². The van der Waals surface area contributed by atoms with E-state index >= 15 is 0 Å². The fraction of sp³-hybridized carbons (Fsp3) is 0.227. The number of para-hydroxylation sites is 1. The maximum absolute atomic E-state index is 12.2. The first kappa shape index (κ1) is 19.4. The number of hydrogen-bond donors (Lipinski definition) is 1. The third-order valence-electron chi connectivity index (χ3n) is 3.72. The zero-order chi connectivity index (χ0) is 20.1. The Morgan fingerprint density at radius 3 is 2.36 bits per heavy atom. The molecule has 3 rings (SSSR count). The van der Waals surface area contributed by atoms with Crippen molar-refractivity contribution in [2.24, 2.45) is 0 Å². The molecule has 0 spiro atoms. The average molecular weight is 377 g/mol. The number of benzene rings is 2. The van der Waals surface area contributed by atoms with Crippen molar-refractivity contribution >= 4 is 11.8 Å². The summed E-state index contributed by atoms with van der Waals surface area (Å²) in [6.07, 6.45) is 0.922.